The van der Waals surface area contributed by atoms with E-state index in [1.54, 1.807) is 26.8 Å². The number of amides is 1. The number of nitrogens with one attached hydrogen (secondary N) is 1. The number of benzene rings is 1. The predicted molar refractivity (Wildman–Crippen MR) is 84.1 cm³/mol. The monoisotopic (exact) mass is 298 g/mol. The van der Waals surface area contributed by atoms with Crippen molar-refractivity contribution in [3.8, 4) is 0 Å². The van der Waals surface area contributed by atoms with E-state index in [1.165, 1.54) is 0 Å². The highest BCUT2D eigenvalue weighted by atomic mass is 16.5. The molecule has 1 aromatic carbocycles. The van der Waals surface area contributed by atoms with Crippen molar-refractivity contribution < 1.29 is 14.3 Å². The molecule has 0 unspecified atom stereocenters. The number of aromatic nitrogens is 1. The highest BCUT2D eigenvalue weighted by Gasteiger charge is 2.18. The van der Waals surface area contributed by atoms with Gasteiger partial charge in [0.2, 0.25) is 0 Å². The molecule has 114 valence electrons. The first-order valence-electron chi connectivity index (χ1n) is 7.04. The van der Waals surface area contributed by atoms with E-state index in [0.717, 1.165) is 0 Å². The van der Waals surface area contributed by atoms with Crippen LogP contribution in [0.3, 0.4) is 0 Å². The van der Waals surface area contributed by atoms with Gasteiger partial charge in [-0.2, -0.15) is 0 Å². The van der Waals surface area contributed by atoms with Gasteiger partial charge in [-0.15, -0.1) is 0 Å². The maximum Gasteiger partial charge on any atom is 0.356 e. The molecule has 22 heavy (non-hydrogen) atoms. The van der Waals surface area contributed by atoms with Crippen LogP contribution >= 0.6 is 0 Å². The Bertz CT molecular complexity index is 673. The molecule has 0 saturated carbocycles. The van der Waals surface area contributed by atoms with Gasteiger partial charge in [0.25, 0.3) is 5.91 Å². The molecular weight excluding hydrogens is 280 g/mol. The summed E-state index contributed by atoms with van der Waals surface area (Å²) in [7, 11) is 0. The fourth-order valence-corrected chi connectivity index (χ4v) is 2.20. The molecule has 0 aliphatic carbocycles. The van der Waals surface area contributed by atoms with E-state index in [1.807, 2.05) is 30.3 Å². The number of hydrogen-bond acceptors (Lipinski definition) is 4. The van der Waals surface area contributed by atoms with E-state index in [-0.39, 0.29) is 18.2 Å². The van der Waals surface area contributed by atoms with Crippen LogP contribution in [-0.4, -0.2) is 23.5 Å². The first kappa shape index (κ1) is 15.7. The number of rotatable bonds is 4. The summed E-state index contributed by atoms with van der Waals surface area (Å²) >= 11 is 0. The first-order chi connectivity index (χ1) is 10.5. The molecule has 0 fully saturated rings. The van der Waals surface area contributed by atoms with E-state index in [9.17, 15) is 9.59 Å². The molecular formula is C17H18N2O3. The van der Waals surface area contributed by atoms with Gasteiger partial charge in [-0.05, 0) is 44.5 Å². The molecule has 5 nitrogen and oxygen atoms in total. The second-order valence-electron chi connectivity index (χ2n) is 4.83. The molecule has 0 spiro atoms. The standard InChI is InChI=1S/C17H18N2O3/c1-4-22-17(21)14-10-11(2)15(12(3)18-14)16(20)19-13-8-6-5-7-9-13/h5-10H,4H2,1-3H3,(H,19,20). The second-order valence-corrected chi connectivity index (χ2v) is 4.83. The Balaban J connectivity index is 2.28. The maximum absolute atomic E-state index is 12.4. The van der Waals surface area contributed by atoms with Crippen LogP contribution in [0.1, 0.15) is 39.0 Å². The van der Waals surface area contributed by atoms with Crippen molar-refractivity contribution in [2.24, 2.45) is 0 Å². The number of carbonyl (C=O) groups is 2. The summed E-state index contributed by atoms with van der Waals surface area (Å²) in [6.45, 7) is 5.50. The zero-order valence-corrected chi connectivity index (χ0v) is 12.8. The van der Waals surface area contributed by atoms with Crippen LogP contribution in [0.5, 0.6) is 0 Å². The van der Waals surface area contributed by atoms with Gasteiger partial charge < -0.3 is 10.1 Å². The quantitative estimate of drug-likeness (QED) is 0.881. The van der Waals surface area contributed by atoms with Crippen molar-refractivity contribution in [3.63, 3.8) is 0 Å². The van der Waals surface area contributed by atoms with Gasteiger partial charge in [0.1, 0.15) is 5.69 Å². The largest absolute Gasteiger partial charge is 0.461 e. The number of pyridine rings is 1. The fourth-order valence-electron chi connectivity index (χ4n) is 2.20. The molecule has 0 aliphatic heterocycles. The van der Waals surface area contributed by atoms with Gasteiger partial charge in [-0.25, -0.2) is 9.78 Å². The maximum atomic E-state index is 12.4. The number of para-hydroxylation sites is 1. The summed E-state index contributed by atoms with van der Waals surface area (Å²) in [5, 5.41) is 2.82. The van der Waals surface area contributed by atoms with Crippen molar-refractivity contribution in [2.45, 2.75) is 20.8 Å². The molecule has 0 atom stereocenters. The molecule has 2 rings (SSSR count). The summed E-state index contributed by atoms with van der Waals surface area (Å²) in [6, 6.07) is 10.8. The minimum atomic E-state index is -0.483. The van der Waals surface area contributed by atoms with Crippen LogP contribution < -0.4 is 5.32 Å². The molecule has 1 amide bonds. The number of anilines is 1. The molecule has 1 heterocycles. The Kier molecular flexibility index (Phi) is 4.88. The van der Waals surface area contributed by atoms with Gasteiger partial charge >= 0.3 is 5.97 Å². The highest BCUT2D eigenvalue weighted by Crippen LogP contribution is 2.17. The highest BCUT2D eigenvalue weighted by molar-refractivity contribution is 6.06. The average molecular weight is 298 g/mol. The van der Waals surface area contributed by atoms with E-state index in [4.69, 9.17) is 4.74 Å². The van der Waals surface area contributed by atoms with Gasteiger partial charge in [0, 0.05) is 5.69 Å². The summed E-state index contributed by atoms with van der Waals surface area (Å²) in [5.41, 5.74) is 2.58. The van der Waals surface area contributed by atoms with Crippen molar-refractivity contribution in [1.82, 2.24) is 4.98 Å². The summed E-state index contributed by atoms with van der Waals surface area (Å²) < 4.78 is 4.93. The molecule has 1 aromatic heterocycles. The number of ether oxygens (including phenoxy) is 1. The zero-order chi connectivity index (χ0) is 16.1. The minimum absolute atomic E-state index is 0.216. The van der Waals surface area contributed by atoms with Crippen molar-refractivity contribution >= 4 is 17.6 Å². The van der Waals surface area contributed by atoms with Crippen LogP contribution in [0.4, 0.5) is 5.69 Å². The van der Waals surface area contributed by atoms with E-state index in [0.29, 0.717) is 22.5 Å². The lowest BCUT2D eigenvalue weighted by Gasteiger charge is -2.11. The third kappa shape index (κ3) is 3.49. The Morgan fingerprint density at radius 3 is 2.45 bits per heavy atom. The molecule has 0 saturated heterocycles. The summed E-state index contributed by atoms with van der Waals surface area (Å²) in [4.78, 5) is 28.3. The Hall–Kier alpha value is -2.69. The Morgan fingerprint density at radius 2 is 1.86 bits per heavy atom. The topological polar surface area (TPSA) is 68.3 Å². The van der Waals surface area contributed by atoms with Crippen LogP contribution in [0, 0.1) is 13.8 Å². The fraction of sp³-hybridized carbons (Fsp3) is 0.235. The zero-order valence-electron chi connectivity index (χ0n) is 12.8. The molecule has 5 heteroatoms. The summed E-state index contributed by atoms with van der Waals surface area (Å²) in [5.74, 6) is -0.729. The molecule has 0 radical (unpaired) electrons. The van der Waals surface area contributed by atoms with E-state index < -0.39 is 5.97 Å². The van der Waals surface area contributed by atoms with Crippen LogP contribution in [0.2, 0.25) is 0 Å². The van der Waals surface area contributed by atoms with Crippen molar-refractivity contribution in [2.75, 3.05) is 11.9 Å². The molecule has 2 aromatic rings. The van der Waals surface area contributed by atoms with E-state index >= 15 is 0 Å². The van der Waals surface area contributed by atoms with Crippen molar-refractivity contribution in [1.29, 1.82) is 0 Å². The number of hydrogen-bond donors (Lipinski definition) is 1. The van der Waals surface area contributed by atoms with Gasteiger partial charge in [0.15, 0.2) is 0 Å². The van der Waals surface area contributed by atoms with Crippen LogP contribution in [0.15, 0.2) is 36.4 Å². The van der Waals surface area contributed by atoms with E-state index in [2.05, 4.69) is 10.3 Å². The number of carbonyl (C=O) groups excluding carboxylic acids is 2. The van der Waals surface area contributed by atoms with Crippen LogP contribution in [-0.2, 0) is 4.74 Å². The summed E-state index contributed by atoms with van der Waals surface area (Å²) in [6.07, 6.45) is 0. The SMILES string of the molecule is CCOC(=O)c1cc(C)c(C(=O)Nc2ccccc2)c(C)n1. The number of esters is 1. The van der Waals surface area contributed by atoms with Gasteiger partial charge in [0.05, 0.1) is 17.9 Å². The Morgan fingerprint density at radius 1 is 1.18 bits per heavy atom. The smallest absolute Gasteiger partial charge is 0.356 e. The van der Waals surface area contributed by atoms with Gasteiger partial charge in [-0.1, -0.05) is 18.2 Å². The Labute approximate surface area is 129 Å². The third-order valence-corrected chi connectivity index (χ3v) is 3.14. The van der Waals surface area contributed by atoms with Crippen molar-refractivity contribution in [3.05, 3.63) is 58.9 Å². The number of aryl methyl sites for hydroxylation is 2. The van der Waals surface area contributed by atoms with Crippen LogP contribution in [0.25, 0.3) is 0 Å². The third-order valence-electron chi connectivity index (χ3n) is 3.14. The van der Waals surface area contributed by atoms with Gasteiger partial charge in [-0.3, -0.25) is 4.79 Å². The lowest BCUT2D eigenvalue weighted by molar-refractivity contribution is 0.0518. The minimum Gasteiger partial charge on any atom is -0.461 e. The second kappa shape index (κ2) is 6.85. The first-order valence-corrected chi connectivity index (χ1v) is 7.04. The molecule has 1 N–H and O–H groups in total. The lowest BCUT2D eigenvalue weighted by Crippen LogP contribution is -2.18. The average Bonchev–Trinajstić information content (AvgIpc) is 2.47. The number of nitrogens with zero attached hydrogens (tertiary/aromatic N) is 1. The normalized spacial score (nSPS) is 10.1. The lowest BCUT2D eigenvalue weighted by atomic mass is 10.1. The molecule has 0 bridgehead atoms. The predicted octanol–water partition coefficient (Wildman–Crippen LogP) is 3.13. The molecule has 0 aliphatic rings.